The molecule has 1 saturated heterocycles. The minimum absolute atomic E-state index is 0.0253. The molecule has 0 radical (unpaired) electrons. The first-order chi connectivity index (χ1) is 14.6. The number of benzene rings is 1. The summed E-state index contributed by atoms with van der Waals surface area (Å²) in [4.78, 5) is 23.2. The summed E-state index contributed by atoms with van der Waals surface area (Å²) in [6, 6.07) is 6.03. The van der Waals surface area contributed by atoms with Crippen LogP contribution in [0, 0.1) is 13.8 Å². The van der Waals surface area contributed by atoms with Crippen molar-refractivity contribution in [1.29, 1.82) is 0 Å². The van der Waals surface area contributed by atoms with Crippen molar-refractivity contribution in [1.82, 2.24) is 25.1 Å². The molecule has 4 heterocycles. The second-order valence-electron chi connectivity index (χ2n) is 7.75. The van der Waals surface area contributed by atoms with Gasteiger partial charge in [0.15, 0.2) is 0 Å². The molecule has 30 heavy (non-hydrogen) atoms. The van der Waals surface area contributed by atoms with Gasteiger partial charge in [-0.05, 0) is 31.9 Å². The van der Waals surface area contributed by atoms with E-state index in [2.05, 4.69) is 20.2 Å². The van der Waals surface area contributed by atoms with Crippen molar-refractivity contribution in [3.63, 3.8) is 0 Å². The molecule has 152 valence electrons. The van der Waals surface area contributed by atoms with Gasteiger partial charge in [0.1, 0.15) is 11.3 Å². The van der Waals surface area contributed by atoms with E-state index in [4.69, 9.17) is 8.83 Å². The van der Waals surface area contributed by atoms with E-state index in [1.54, 1.807) is 18.7 Å². The Balaban J connectivity index is 1.26. The lowest BCUT2D eigenvalue weighted by Crippen LogP contribution is -2.29. The lowest BCUT2D eigenvalue weighted by atomic mass is 10.1. The number of fused-ring (bicyclic) bond motifs is 1. The molecule has 1 amide bonds. The van der Waals surface area contributed by atoms with Crippen molar-refractivity contribution in [2.75, 3.05) is 13.1 Å². The van der Waals surface area contributed by atoms with Gasteiger partial charge in [-0.15, -0.1) is 10.2 Å². The lowest BCUT2D eigenvalue weighted by molar-refractivity contribution is -0.129. The second kappa shape index (κ2) is 7.37. The fraction of sp³-hybridized carbons (Fsp3) is 0.318. The van der Waals surface area contributed by atoms with E-state index in [-0.39, 0.29) is 11.8 Å². The van der Waals surface area contributed by atoms with Crippen molar-refractivity contribution in [3.05, 3.63) is 59.6 Å². The Hall–Kier alpha value is -3.55. The minimum Gasteiger partial charge on any atom is -0.464 e. The zero-order chi connectivity index (χ0) is 20.7. The van der Waals surface area contributed by atoms with Crippen LogP contribution in [-0.4, -0.2) is 44.1 Å². The molecule has 8 nitrogen and oxygen atoms in total. The maximum absolute atomic E-state index is 12.9. The number of furan rings is 1. The number of nitrogens with zero attached hydrogens (tertiary/aromatic N) is 5. The van der Waals surface area contributed by atoms with Crippen molar-refractivity contribution in [2.24, 2.45) is 0 Å². The number of aromatic nitrogens is 4. The van der Waals surface area contributed by atoms with Gasteiger partial charge in [-0.1, -0.05) is 12.1 Å². The van der Waals surface area contributed by atoms with Crippen molar-refractivity contribution in [3.8, 4) is 11.6 Å². The number of carbonyl (C=O) groups is 1. The summed E-state index contributed by atoms with van der Waals surface area (Å²) in [5, 5.41) is 9.27. The Kier molecular flexibility index (Phi) is 4.54. The van der Waals surface area contributed by atoms with E-state index in [1.165, 1.54) is 0 Å². The van der Waals surface area contributed by atoms with Crippen LogP contribution in [0.2, 0.25) is 0 Å². The summed E-state index contributed by atoms with van der Waals surface area (Å²) in [5.74, 6) is 0.983. The summed E-state index contributed by atoms with van der Waals surface area (Å²) in [6.07, 6.45) is 6.07. The van der Waals surface area contributed by atoms with Crippen LogP contribution in [0.4, 0.5) is 0 Å². The van der Waals surface area contributed by atoms with Gasteiger partial charge in [-0.3, -0.25) is 9.78 Å². The molecule has 0 spiro atoms. The third-order valence-corrected chi connectivity index (χ3v) is 5.48. The quantitative estimate of drug-likeness (QED) is 0.515. The maximum atomic E-state index is 12.9. The Bertz CT molecular complexity index is 1210. The molecular weight excluding hydrogens is 382 g/mol. The standard InChI is InChI=1S/C22H21N5O3/c1-13-3-4-17-16(12-29-19(17)7-13)8-20(28)27-6-5-15(11-27)21-25-26-22(30-21)18-10-23-14(2)9-24-18/h3-4,7,9-10,12,15H,5-6,8,11H2,1-2H3. The highest BCUT2D eigenvalue weighted by molar-refractivity contribution is 5.88. The van der Waals surface area contributed by atoms with Crippen LogP contribution < -0.4 is 0 Å². The van der Waals surface area contributed by atoms with E-state index in [1.807, 2.05) is 36.9 Å². The van der Waals surface area contributed by atoms with Crippen LogP contribution in [0.3, 0.4) is 0 Å². The van der Waals surface area contributed by atoms with Gasteiger partial charge in [0, 0.05) is 30.2 Å². The monoisotopic (exact) mass is 403 g/mol. The summed E-state index contributed by atoms with van der Waals surface area (Å²) < 4.78 is 11.4. The molecule has 1 aliphatic heterocycles. The molecule has 1 atom stereocenters. The molecule has 1 aromatic carbocycles. The predicted molar refractivity (Wildman–Crippen MR) is 109 cm³/mol. The number of amides is 1. The van der Waals surface area contributed by atoms with Crippen LogP contribution in [0.25, 0.3) is 22.6 Å². The molecule has 0 bridgehead atoms. The van der Waals surface area contributed by atoms with Crippen LogP contribution in [-0.2, 0) is 11.2 Å². The number of hydrogen-bond acceptors (Lipinski definition) is 7. The highest BCUT2D eigenvalue weighted by atomic mass is 16.4. The molecule has 3 aromatic heterocycles. The van der Waals surface area contributed by atoms with E-state index in [9.17, 15) is 4.79 Å². The lowest BCUT2D eigenvalue weighted by Gasteiger charge is -2.15. The normalized spacial score (nSPS) is 16.5. The molecule has 1 fully saturated rings. The first-order valence-corrected chi connectivity index (χ1v) is 9.94. The third-order valence-electron chi connectivity index (χ3n) is 5.48. The summed E-state index contributed by atoms with van der Waals surface area (Å²) in [6.45, 7) is 5.12. The Morgan fingerprint density at radius 3 is 2.93 bits per heavy atom. The average molecular weight is 403 g/mol. The van der Waals surface area contributed by atoms with Crippen molar-refractivity contribution in [2.45, 2.75) is 32.6 Å². The predicted octanol–water partition coefficient (Wildman–Crippen LogP) is 3.45. The number of carbonyl (C=O) groups excluding carboxylic acids is 1. The van der Waals surface area contributed by atoms with Crippen LogP contribution >= 0.6 is 0 Å². The van der Waals surface area contributed by atoms with E-state index >= 15 is 0 Å². The van der Waals surface area contributed by atoms with Gasteiger partial charge >= 0.3 is 0 Å². The van der Waals surface area contributed by atoms with Crippen molar-refractivity contribution < 1.29 is 13.6 Å². The first kappa shape index (κ1) is 18.5. The van der Waals surface area contributed by atoms with E-state index < -0.39 is 0 Å². The molecule has 8 heteroatoms. The Morgan fingerprint density at radius 2 is 2.10 bits per heavy atom. The smallest absolute Gasteiger partial charge is 0.267 e. The molecule has 1 aliphatic rings. The van der Waals surface area contributed by atoms with Crippen molar-refractivity contribution >= 4 is 16.9 Å². The third kappa shape index (κ3) is 3.45. The first-order valence-electron chi connectivity index (χ1n) is 9.94. The molecule has 5 rings (SSSR count). The van der Waals surface area contributed by atoms with E-state index in [0.29, 0.717) is 37.0 Å². The van der Waals surface area contributed by atoms with Gasteiger partial charge < -0.3 is 13.7 Å². The highest BCUT2D eigenvalue weighted by Crippen LogP contribution is 2.29. The summed E-state index contributed by atoms with van der Waals surface area (Å²) in [5.41, 5.74) is 4.23. The number of aryl methyl sites for hydroxylation is 2. The topological polar surface area (TPSA) is 98.2 Å². The number of rotatable bonds is 4. The SMILES string of the molecule is Cc1ccc2c(CC(=O)N3CCC(c4nnc(-c5cnc(C)cn5)o4)C3)coc2c1. The fourth-order valence-electron chi connectivity index (χ4n) is 3.80. The summed E-state index contributed by atoms with van der Waals surface area (Å²) in [7, 11) is 0. The molecule has 0 N–H and O–H groups in total. The fourth-order valence-corrected chi connectivity index (χ4v) is 3.80. The zero-order valence-electron chi connectivity index (χ0n) is 16.8. The maximum Gasteiger partial charge on any atom is 0.267 e. The zero-order valence-corrected chi connectivity index (χ0v) is 16.8. The van der Waals surface area contributed by atoms with Gasteiger partial charge in [-0.2, -0.15) is 0 Å². The average Bonchev–Trinajstić information content (AvgIpc) is 3.48. The Morgan fingerprint density at radius 1 is 1.20 bits per heavy atom. The minimum atomic E-state index is 0.0253. The number of likely N-dealkylation sites (tertiary alicyclic amines) is 1. The number of hydrogen-bond donors (Lipinski definition) is 0. The molecule has 4 aromatic rings. The van der Waals surface area contributed by atoms with E-state index in [0.717, 1.165) is 34.2 Å². The second-order valence-corrected chi connectivity index (χ2v) is 7.75. The van der Waals surface area contributed by atoms with Crippen LogP contribution in [0.5, 0.6) is 0 Å². The van der Waals surface area contributed by atoms with Crippen LogP contribution in [0.15, 0.2) is 45.7 Å². The molecule has 0 saturated carbocycles. The van der Waals surface area contributed by atoms with Gasteiger partial charge in [0.2, 0.25) is 11.8 Å². The van der Waals surface area contributed by atoms with Gasteiger partial charge in [0.25, 0.3) is 5.89 Å². The van der Waals surface area contributed by atoms with Gasteiger partial charge in [-0.25, -0.2) is 4.98 Å². The van der Waals surface area contributed by atoms with Gasteiger partial charge in [0.05, 0.1) is 30.5 Å². The molecular formula is C22H21N5O3. The largest absolute Gasteiger partial charge is 0.464 e. The highest BCUT2D eigenvalue weighted by Gasteiger charge is 2.31. The molecule has 1 unspecified atom stereocenters. The Labute approximate surface area is 172 Å². The molecule has 0 aliphatic carbocycles. The summed E-state index contributed by atoms with van der Waals surface area (Å²) >= 11 is 0. The van der Waals surface area contributed by atoms with Crippen LogP contribution in [0.1, 0.15) is 35.1 Å².